The van der Waals surface area contributed by atoms with Crippen LogP contribution >= 0.6 is 0 Å². The van der Waals surface area contributed by atoms with Gasteiger partial charge in [-0.25, -0.2) is 9.59 Å². The fraction of sp³-hybridized carbons (Fsp3) is 0.600. The second kappa shape index (κ2) is 11.5. The Morgan fingerprint density at radius 1 is 0.895 bits per heavy atom. The molecular weight excluding hydrogens is 244 g/mol. The van der Waals surface area contributed by atoms with Gasteiger partial charge in [-0.3, -0.25) is 0 Å². The summed E-state index contributed by atoms with van der Waals surface area (Å²) >= 11 is 0. The summed E-state index contributed by atoms with van der Waals surface area (Å²) in [5.74, 6) is -1.29. The molecule has 0 atom stereocenters. The van der Waals surface area contributed by atoms with Crippen molar-refractivity contribution in [3.05, 3.63) is 23.8 Å². The van der Waals surface area contributed by atoms with E-state index in [1.807, 2.05) is 0 Å². The number of methoxy groups -OCH3 is 2. The number of rotatable bonds is 9. The third-order valence-corrected chi connectivity index (χ3v) is 2.61. The van der Waals surface area contributed by atoms with Crippen molar-refractivity contribution in [1.29, 1.82) is 0 Å². The Hall–Kier alpha value is -1.58. The van der Waals surface area contributed by atoms with E-state index in [0.29, 0.717) is 6.42 Å². The highest BCUT2D eigenvalue weighted by molar-refractivity contribution is 6.13. The van der Waals surface area contributed by atoms with Crippen LogP contribution in [0.2, 0.25) is 0 Å². The zero-order valence-electron chi connectivity index (χ0n) is 12.1. The highest BCUT2D eigenvalue weighted by atomic mass is 16.5. The third-order valence-electron chi connectivity index (χ3n) is 2.61. The van der Waals surface area contributed by atoms with Crippen LogP contribution in [0.1, 0.15) is 45.4 Å². The van der Waals surface area contributed by atoms with E-state index in [4.69, 9.17) is 0 Å². The topological polar surface area (TPSA) is 52.6 Å². The summed E-state index contributed by atoms with van der Waals surface area (Å²) in [6.45, 7) is 2.15. The van der Waals surface area contributed by atoms with Gasteiger partial charge >= 0.3 is 11.9 Å². The van der Waals surface area contributed by atoms with E-state index >= 15 is 0 Å². The number of ether oxygens (including phenoxy) is 2. The Bertz CT molecular complexity index is 311. The van der Waals surface area contributed by atoms with Gasteiger partial charge in [0, 0.05) is 0 Å². The fourth-order valence-corrected chi connectivity index (χ4v) is 1.53. The first-order valence-corrected chi connectivity index (χ1v) is 6.69. The molecule has 0 aromatic carbocycles. The molecule has 0 saturated carbocycles. The number of hydrogen-bond donors (Lipinski definition) is 0. The highest BCUT2D eigenvalue weighted by Crippen LogP contribution is 2.07. The quantitative estimate of drug-likeness (QED) is 0.161. The summed E-state index contributed by atoms with van der Waals surface area (Å²) in [6.07, 6.45) is 11.9. The predicted octanol–water partition coefficient (Wildman–Crippen LogP) is 3.18. The number of carbonyl (C=O) groups is 2. The predicted molar refractivity (Wildman–Crippen MR) is 74.6 cm³/mol. The fourth-order valence-electron chi connectivity index (χ4n) is 1.53. The Balaban J connectivity index is 4.05. The minimum absolute atomic E-state index is 0.0217. The van der Waals surface area contributed by atoms with Crippen LogP contribution in [0.25, 0.3) is 0 Å². The molecule has 0 aliphatic rings. The summed E-state index contributed by atoms with van der Waals surface area (Å²) in [6, 6.07) is 0. The molecule has 4 nitrogen and oxygen atoms in total. The van der Waals surface area contributed by atoms with E-state index < -0.39 is 11.9 Å². The molecule has 0 fully saturated rings. The smallest absolute Gasteiger partial charge is 0.344 e. The van der Waals surface area contributed by atoms with Gasteiger partial charge in [0.2, 0.25) is 0 Å². The second-order valence-corrected chi connectivity index (χ2v) is 4.15. The van der Waals surface area contributed by atoms with Crippen molar-refractivity contribution in [3.8, 4) is 0 Å². The molecule has 108 valence electrons. The molecule has 0 aromatic rings. The first-order valence-electron chi connectivity index (χ1n) is 6.69. The normalized spacial score (nSPS) is 10.3. The van der Waals surface area contributed by atoms with Gasteiger partial charge in [0.05, 0.1) is 14.2 Å². The maximum absolute atomic E-state index is 11.3. The largest absolute Gasteiger partial charge is 0.465 e. The minimum Gasteiger partial charge on any atom is -0.465 e. The number of hydrogen-bond acceptors (Lipinski definition) is 4. The number of allylic oxidation sites excluding steroid dienone is 3. The third kappa shape index (κ3) is 8.19. The minimum atomic E-state index is -0.644. The van der Waals surface area contributed by atoms with Crippen molar-refractivity contribution in [1.82, 2.24) is 0 Å². The number of unbranched alkanes of at least 4 members (excludes halogenated alkanes) is 4. The van der Waals surface area contributed by atoms with Crippen molar-refractivity contribution < 1.29 is 19.1 Å². The molecule has 19 heavy (non-hydrogen) atoms. The molecule has 0 heterocycles. The molecule has 0 aliphatic heterocycles. The van der Waals surface area contributed by atoms with Crippen LogP contribution in [0.5, 0.6) is 0 Å². The molecule has 0 radical (unpaired) electrons. The first kappa shape index (κ1) is 17.4. The first-order chi connectivity index (χ1) is 9.17. The Kier molecular flexibility index (Phi) is 10.6. The van der Waals surface area contributed by atoms with Crippen LogP contribution < -0.4 is 0 Å². The number of esters is 2. The van der Waals surface area contributed by atoms with Crippen LogP contribution in [0.15, 0.2) is 23.8 Å². The van der Waals surface area contributed by atoms with Crippen molar-refractivity contribution >= 4 is 11.9 Å². The monoisotopic (exact) mass is 268 g/mol. The Morgan fingerprint density at radius 2 is 1.42 bits per heavy atom. The van der Waals surface area contributed by atoms with Crippen molar-refractivity contribution in [2.75, 3.05) is 14.2 Å². The van der Waals surface area contributed by atoms with Gasteiger partial charge in [-0.1, -0.05) is 31.6 Å². The summed E-state index contributed by atoms with van der Waals surface area (Å²) < 4.78 is 9.08. The zero-order valence-corrected chi connectivity index (χ0v) is 12.1. The summed E-state index contributed by atoms with van der Waals surface area (Å²) in [4.78, 5) is 22.7. The lowest BCUT2D eigenvalue weighted by molar-refractivity contribution is -0.144. The van der Waals surface area contributed by atoms with Gasteiger partial charge in [0.15, 0.2) is 0 Å². The summed E-state index contributed by atoms with van der Waals surface area (Å²) in [7, 11) is 2.50. The lowest BCUT2D eigenvalue weighted by atomic mass is 10.1. The number of carbonyl (C=O) groups excluding carboxylic acids is 2. The van der Waals surface area contributed by atoms with E-state index in [1.54, 1.807) is 6.08 Å². The summed E-state index contributed by atoms with van der Waals surface area (Å²) in [5.41, 5.74) is -0.0217. The van der Waals surface area contributed by atoms with E-state index in [-0.39, 0.29) is 5.57 Å². The maximum Gasteiger partial charge on any atom is 0.344 e. The SMILES string of the molecule is CCC/C=C\CCCCC=C(C(=O)OC)C(=O)OC. The standard InChI is InChI=1S/C15H24O4/c1-4-5-6-7-8-9-10-11-12-13(14(16)18-2)15(17)19-3/h6-7,12H,4-5,8-11H2,1-3H3/b7-6-. The molecule has 0 N–H and O–H groups in total. The summed E-state index contributed by atoms with van der Waals surface area (Å²) in [5, 5.41) is 0. The molecule has 0 unspecified atom stereocenters. The van der Waals surface area contributed by atoms with E-state index in [0.717, 1.165) is 25.7 Å². The van der Waals surface area contributed by atoms with Crippen molar-refractivity contribution in [2.24, 2.45) is 0 Å². The Labute approximate surface area is 115 Å². The van der Waals surface area contributed by atoms with E-state index in [2.05, 4.69) is 28.5 Å². The van der Waals surface area contributed by atoms with Gasteiger partial charge in [0.1, 0.15) is 5.57 Å². The molecule has 0 spiro atoms. The van der Waals surface area contributed by atoms with Crippen LogP contribution in [-0.2, 0) is 19.1 Å². The van der Waals surface area contributed by atoms with Gasteiger partial charge in [0.25, 0.3) is 0 Å². The zero-order chi connectivity index (χ0) is 14.5. The van der Waals surface area contributed by atoms with Crippen LogP contribution in [0.3, 0.4) is 0 Å². The average Bonchev–Trinajstić information content (AvgIpc) is 2.44. The van der Waals surface area contributed by atoms with E-state index in [9.17, 15) is 9.59 Å². The second-order valence-electron chi connectivity index (χ2n) is 4.15. The molecule has 0 aliphatic carbocycles. The average molecular weight is 268 g/mol. The Morgan fingerprint density at radius 3 is 1.95 bits per heavy atom. The molecule has 0 aromatic heterocycles. The van der Waals surface area contributed by atoms with Crippen molar-refractivity contribution in [2.45, 2.75) is 45.4 Å². The lowest BCUT2D eigenvalue weighted by Crippen LogP contribution is -2.15. The van der Waals surface area contributed by atoms with Gasteiger partial charge < -0.3 is 9.47 Å². The van der Waals surface area contributed by atoms with Gasteiger partial charge in [-0.15, -0.1) is 0 Å². The van der Waals surface area contributed by atoms with E-state index in [1.165, 1.54) is 20.6 Å². The molecule has 4 heteroatoms. The van der Waals surface area contributed by atoms with Crippen LogP contribution in [0, 0.1) is 0 Å². The van der Waals surface area contributed by atoms with Gasteiger partial charge in [-0.2, -0.15) is 0 Å². The van der Waals surface area contributed by atoms with Crippen LogP contribution in [-0.4, -0.2) is 26.2 Å². The molecule has 0 rings (SSSR count). The molecular formula is C15H24O4. The maximum atomic E-state index is 11.3. The molecule has 0 amide bonds. The molecule has 0 bridgehead atoms. The lowest BCUT2D eigenvalue weighted by Gasteiger charge is -2.03. The van der Waals surface area contributed by atoms with Crippen LogP contribution in [0.4, 0.5) is 0 Å². The highest BCUT2D eigenvalue weighted by Gasteiger charge is 2.18. The van der Waals surface area contributed by atoms with Crippen molar-refractivity contribution in [3.63, 3.8) is 0 Å². The molecule has 0 saturated heterocycles. The van der Waals surface area contributed by atoms with Gasteiger partial charge in [-0.05, 0) is 32.1 Å².